The molecular weight excluding hydrogens is 302 g/mol. The zero-order chi connectivity index (χ0) is 16.1. The lowest BCUT2D eigenvalue weighted by Gasteiger charge is -2.16. The molecule has 0 aromatic heterocycles. The highest BCUT2D eigenvalue weighted by molar-refractivity contribution is 6.30. The van der Waals surface area contributed by atoms with Gasteiger partial charge in [-0.25, -0.2) is 4.79 Å². The van der Waals surface area contributed by atoms with Crippen LogP contribution in [0.2, 0.25) is 5.02 Å². The van der Waals surface area contributed by atoms with Crippen molar-refractivity contribution < 1.29 is 9.59 Å². The van der Waals surface area contributed by atoms with Crippen LogP contribution in [0.25, 0.3) is 0 Å². The molecule has 1 aromatic rings. The monoisotopic (exact) mass is 323 g/mol. The number of amides is 3. The van der Waals surface area contributed by atoms with Crippen LogP contribution in [0.1, 0.15) is 25.3 Å². The number of benzene rings is 1. The Bertz CT molecular complexity index is 533. The van der Waals surface area contributed by atoms with Crippen molar-refractivity contribution in [1.29, 1.82) is 0 Å². The molecule has 0 spiro atoms. The lowest BCUT2D eigenvalue weighted by Crippen LogP contribution is -2.40. The van der Waals surface area contributed by atoms with Gasteiger partial charge in [-0.2, -0.15) is 0 Å². The van der Waals surface area contributed by atoms with Crippen molar-refractivity contribution in [2.45, 2.75) is 32.2 Å². The Kier molecular flexibility index (Phi) is 5.66. The van der Waals surface area contributed by atoms with Gasteiger partial charge in [0, 0.05) is 30.6 Å². The van der Waals surface area contributed by atoms with Gasteiger partial charge < -0.3 is 16.0 Å². The molecule has 1 heterocycles. The maximum atomic E-state index is 12.1. The fourth-order valence-corrected chi connectivity index (χ4v) is 2.90. The molecule has 1 saturated heterocycles. The van der Waals surface area contributed by atoms with E-state index in [0.717, 1.165) is 17.9 Å². The van der Waals surface area contributed by atoms with E-state index in [0.29, 0.717) is 19.5 Å². The van der Waals surface area contributed by atoms with Gasteiger partial charge in [0.15, 0.2) is 0 Å². The number of carbonyl (C=O) groups excluding carboxylic acids is 2. The number of primary amides is 1. The Morgan fingerprint density at radius 3 is 2.68 bits per heavy atom. The number of urea groups is 1. The predicted octanol–water partition coefficient (Wildman–Crippen LogP) is 2.18. The van der Waals surface area contributed by atoms with Gasteiger partial charge in [0.1, 0.15) is 0 Å². The average molecular weight is 324 g/mol. The standard InChI is InChI=1S/C16H22ClN3O2/c1-11(8-12-2-4-13(17)5-3-12)9-15(21)19-14-6-7-20(10-14)16(18)22/h2-5,11,14H,6-10H2,1H3,(H2,18,22)(H,19,21)/t11-,14-/m1/s1. The lowest BCUT2D eigenvalue weighted by molar-refractivity contribution is -0.122. The number of hydrogen-bond donors (Lipinski definition) is 2. The van der Waals surface area contributed by atoms with Crippen molar-refractivity contribution in [3.63, 3.8) is 0 Å². The zero-order valence-corrected chi connectivity index (χ0v) is 13.5. The average Bonchev–Trinajstić information content (AvgIpc) is 2.89. The number of likely N-dealkylation sites (tertiary alicyclic amines) is 1. The summed E-state index contributed by atoms with van der Waals surface area (Å²) in [5.74, 6) is 0.271. The van der Waals surface area contributed by atoms with E-state index < -0.39 is 6.03 Å². The van der Waals surface area contributed by atoms with Crippen LogP contribution in [0.15, 0.2) is 24.3 Å². The molecule has 0 aliphatic carbocycles. The fraction of sp³-hybridized carbons (Fsp3) is 0.500. The quantitative estimate of drug-likeness (QED) is 0.871. The summed E-state index contributed by atoms with van der Waals surface area (Å²) in [4.78, 5) is 24.7. The van der Waals surface area contributed by atoms with E-state index in [2.05, 4.69) is 12.2 Å². The first kappa shape index (κ1) is 16.6. The van der Waals surface area contributed by atoms with Crippen LogP contribution in [0, 0.1) is 5.92 Å². The van der Waals surface area contributed by atoms with Gasteiger partial charge in [-0.15, -0.1) is 0 Å². The molecule has 22 heavy (non-hydrogen) atoms. The summed E-state index contributed by atoms with van der Waals surface area (Å²) in [6, 6.07) is 7.29. The molecule has 1 fully saturated rings. The van der Waals surface area contributed by atoms with Crippen LogP contribution < -0.4 is 11.1 Å². The second-order valence-corrected chi connectivity index (χ2v) is 6.41. The van der Waals surface area contributed by atoms with Gasteiger partial charge in [-0.1, -0.05) is 30.7 Å². The summed E-state index contributed by atoms with van der Waals surface area (Å²) in [5, 5.41) is 3.70. The summed E-state index contributed by atoms with van der Waals surface area (Å²) < 4.78 is 0. The summed E-state index contributed by atoms with van der Waals surface area (Å²) in [5.41, 5.74) is 6.40. The maximum absolute atomic E-state index is 12.1. The highest BCUT2D eigenvalue weighted by atomic mass is 35.5. The molecule has 120 valence electrons. The summed E-state index contributed by atoms with van der Waals surface area (Å²) in [7, 11) is 0. The molecule has 2 atom stereocenters. The molecule has 0 radical (unpaired) electrons. The van der Waals surface area contributed by atoms with Crippen molar-refractivity contribution >= 4 is 23.5 Å². The van der Waals surface area contributed by atoms with E-state index in [9.17, 15) is 9.59 Å². The van der Waals surface area contributed by atoms with Crippen molar-refractivity contribution in [3.05, 3.63) is 34.9 Å². The Hall–Kier alpha value is -1.75. The summed E-state index contributed by atoms with van der Waals surface area (Å²) >= 11 is 5.86. The maximum Gasteiger partial charge on any atom is 0.314 e. The molecule has 0 saturated carbocycles. The van der Waals surface area contributed by atoms with Gasteiger partial charge in [0.2, 0.25) is 5.91 Å². The molecular formula is C16H22ClN3O2. The van der Waals surface area contributed by atoms with E-state index in [1.54, 1.807) is 4.90 Å². The van der Waals surface area contributed by atoms with Gasteiger partial charge in [-0.05, 0) is 36.5 Å². The highest BCUT2D eigenvalue weighted by Gasteiger charge is 2.26. The van der Waals surface area contributed by atoms with Gasteiger partial charge >= 0.3 is 6.03 Å². The zero-order valence-electron chi connectivity index (χ0n) is 12.7. The van der Waals surface area contributed by atoms with Gasteiger partial charge in [0.05, 0.1) is 0 Å². The third-order valence-corrected chi connectivity index (χ3v) is 4.15. The highest BCUT2D eigenvalue weighted by Crippen LogP contribution is 2.16. The van der Waals surface area contributed by atoms with Crippen LogP contribution in [0.4, 0.5) is 4.79 Å². The Morgan fingerprint density at radius 2 is 2.09 bits per heavy atom. The first-order valence-electron chi connectivity index (χ1n) is 7.52. The van der Waals surface area contributed by atoms with E-state index >= 15 is 0 Å². The molecule has 5 nitrogen and oxygen atoms in total. The lowest BCUT2D eigenvalue weighted by atomic mass is 9.97. The Labute approximate surface area is 135 Å². The van der Waals surface area contributed by atoms with Crippen LogP contribution in [-0.2, 0) is 11.2 Å². The molecule has 0 bridgehead atoms. The molecule has 1 aliphatic rings. The number of hydrogen-bond acceptors (Lipinski definition) is 2. The third-order valence-electron chi connectivity index (χ3n) is 3.90. The molecule has 3 amide bonds. The normalized spacial score (nSPS) is 19.0. The van der Waals surface area contributed by atoms with Crippen LogP contribution >= 0.6 is 11.6 Å². The van der Waals surface area contributed by atoms with Gasteiger partial charge in [-0.3, -0.25) is 4.79 Å². The number of nitrogens with zero attached hydrogens (tertiary/aromatic N) is 1. The van der Waals surface area contributed by atoms with E-state index in [1.807, 2.05) is 24.3 Å². The number of carbonyl (C=O) groups is 2. The molecule has 1 aliphatic heterocycles. The topological polar surface area (TPSA) is 75.4 Å². The second kappa shape index (κ2) is 7.49. The summed E-state index contributed by atoms with van der Waals surface area (Å²) in [6.45, 7) is 3.17. The minimum Gasteiger partial charge on any atom is -0.352 e. The van der Waals surface area contributed by atoms with E-state index in [4.69, 9.17) is 17.3 Å². The molecule has 1 aromatic carbocycles. The Balaban J connectivity index is 1.74. The fourth-order valence-electron chi connectivity index (χ4n) is 2.78. The molecule has 0 unspecified atom stereocenters. The predicted molar refractivity (Wildman–Crippen MR) is 86.6 cm³/mol. The smallest absolute Gasteiger partial charge is 0.314 e. The van der Waals surface area contributed by atoms with Crippen LogP contribution in [-0.4, -0.2) is 36.0 Å². The summed E-state index contributed by atoms with van der Waals surface area (Å²) in [6.07, 6.45) is 2.07. The van der Waals surface area contributed by atoms with Gasteiger partial charge in [0.25, 0.3) is 0 Å². The SMILES string of the molecule is C[C@@H](CC(=O)N[C@@H]1CCN(C(N)=O)C1)Cc1ccc(Cl)cc1. The van der Waals surface area contributed by atoms with Crippen molar-refractivity contribution in [2.24, 2.45) is 11.7 Å². The Morgan fingerprint density at radius 1 is 1.41 bits per heavy atom. The van der Waals surface area contributed by atoms with E-state index in [-0.39, 0.29) is 17.9 Å². The minimum atomic E-state index is -0.423. The van der Waals surface area contributed by atoms with Crippen molar-refractivity contribution in [1.82, 2.24) is 10.2 Å². The second-order valence-electron chi connectivity index (χ2n) is 5.98. The third kappa shape index (κ3) is 4.91. The largest absolute Gasteiger partial charge is 0.352 e. The molecule has 6 heteroatoms. The first-order chi connectivity index (χ1) is 10.4. The number of nitrogens with one attached hydrogen (secondary N) is 1. The first-order valence-corrected chi connectivity index (χ1v) is 7.90. The number of halogens is 1. The minimum absolute atomic E-state index is 0.0164. The molecule has 2 rings (SSSR count). The molecule has 3 N–H and O–H groups in total. The van der Waals surface area contributed by atoms with Crippen LogP contribution in [0.3, 0.4) is 0 Å². The van der Waals surface area contributed by atoms with Crippen LogP contribution in [0.5, 0.6) is 0 Å². The number of nitrogens with two attached hydrogens (primary N) is 1. The van der Waals surface area contributed by atoms with Crippen molar-refractivity contribution in [3.8, 4) is 0 Å². The van der Waals surface area contributed by atoms with E-state index in [1.165, 1.54) is 5.56 Å². The van der Waals surface area contributed by atoms with Crippen molar-refractivity contribution in [2.75, 3.05) is 13.1 Å². The number of rotatable bonds is 5.